The Morgan fingerprint density at radius 1 is 1.33 bits per heavy atom. The highest BCUT2D eigenvalue weighted by Gasteiger charge is 2.18. The van der Waals surface area contributed by atoms with Gasteiger partial charge in [-0.3, -0.25) is 4.79 Å². The third-order valence-electron chi connectivity index (χ3n) is 2.77. The maximum atomic E-state index is 11.9. The van der Waals surface area contributed by atoms with E-state index in [1.54, 1.807) is 0 Å². The second-order valence-corrected chi connectivity index (χ2v) is 5.33. The zero-order chi connectivity index (χ0) is 13.7. The van der Waals surface area contributed by atoms with Crippen LogP contribution < -0.4 is 11.1 Å². The fourth-order valence-corrected chi connectivity index (χ4v) is 2.01. The molecule has 1 rings (SSSR count). The minimum Gasteiger partial charge on any atom is -0.392 e. The number of carbonyl (C=O) groups excluding carboxylic acids is 1. The molecule has 1 aromatic rings. The summed E-state index contributed by atoms with van der Waals surface area (Å²) in [6.45, 7) is 5.98. The number of hydrogen-bond acceptors (Lipinski definition) is 2. The van der Waals surface area contributed by atoms with Crippen molar-refractivity contribution >= 4 is 23.1 Å². The van der Waals surface area contributed by atoms with Crippen LogP contribution in [-0.4, -0.2) is 16.9 Å². The van der Waals surface area contributed by atoms with Crippen molar-refractivity contribution in [3.8, 4) is 0 Å². The van der Waals surface area contributed by atoms with Gasteiger partial charge in [0.2, 0.25) is 5.91 Å². The topological polar surface area (TPSA) is 55.1 Å². The highest BCUT2D eigenvalue weighted by Crippen LogP contribution is 2.06. The van der Waals surface area contributed by atoms with Gasteiger partial charge in [0.25, 0.3) is 0 Å². The standard InChI is InChI=1S/C14H20N2OS/c1-9(2)13(14(15)18)16-12(17)8-11-6-4-10(3)5-7-11/h4-7,9,13H,8H2,1-3H3,(H2,15,18)(H,16,17). The molecule has 0 bridgehead atoms. The van der Waals surface area contributed by atoms with E-state index in [2.05, 4.69) is 5.32 Å². The lowest BCUT2D eigenvalue weighted by molar-refractivity contribution is -0.120. The van der Waals surface area contributed by atoms with Gasteiger partial charge in [-0.25, -0.2) is 0 Å². The molecule has 0 aromatic heterocycles. The van der Waals surface area contributed by atoms with Gasteiger partial charge in [-0.05, 0) is 18.4 Å². The number of amides is 1. The minimum absolute atomic E-state index is 0.0506. The lowest BCUT2D eigenvalue weighted by Crippen LogP contribution is -2.47. The van der Waals surface area contributed by atoms with E-state index in [0.29, 0.717) is 11.4 Å². The molecule has 0 saturated carbocycles. The van der Waals surface area contributed by atoms with Gasteiger partial charge in [0.05, 0.1) is 17.5 Å². The summed E-state index contributed by atoms with van der Waals surface area (Å²) in [7, 11) is 0. The number of carbonyl (C=O) groups is 1. The molecule has 1 amide bonds. The minimum atomic E-state index is -0.238. The van der Waals surface area contributed by atoms with Crippen LogP contribution in [-0.2, 0) is 11.2 Å². The summed E-state index contributed by atoms with van der Waals surface area (Å²) in [5.41, 5.74) is 7.79. The third-order valence-corrected chi connectivity index (χ3v) is 3.03. The average Bonchev–Trinajstić information content (AvgIpc) is 2.28. The lowest BCUT2D eigenvalue weighted by Gasteiger charge is -2.21. The van der Waals surface area contributed by atoms with E-state index in [0.717, 1.165) is 5.56 Å². The Balaban J connectivity index is 2.60. The lowest BCUT2D eigenvalue weighted by atomic mass is 10.0. The molecule has 0 saturated heterocycles. The second kappa shape index (κ2) is 6.50. The first-order chi connectivity index (χ1) is 8.40. The fraction of sp³-hybridized carbons (Fsp3) is 0.429. The molecular formula is C14H20N2OS. The zero-order valence-electron chi connectivity index (χ0n) is 11.1. The van der Waals surface area contributed by atoms with Crippen LogP contribution in [0.2, 0.25) is 0 Å². The summed E-state index contributed by atoms with van der Waals surface area (Å²) in [6.07, 6.45) is 0.353. The van der Waals surface area contributed by atoms with Gasteiger partial charge in [0.1, 0.15) is 0 Å². The van der Waals surface area contributed by atoms with E-state index < -0.39 is 0 Å². The van der Waals surface area contributed by atoms with Crippen molar-refractivity contribution < 1.29 is 4.79 Å². The number of benzene rings is 1. The third kappa shape index (κ3) is 4.45. The van der Waals surface area contributed by atoms with Gasteiger partial charge < -0.3 is 11.1 Å². The van der Waals surface area contributed by atoms with Gasteiger partial charge in [0.15, 0.2) is 0 Å². The molecule has 0 aliphatic heterocycles. The van der Waals surface area contributed by atoms with E-state index >= 15 is 0 Å². The van der Waals surface area contributed by atoms with Crippen molar-refractivity contribution in [3.63, 3.8) is 0 Å². The summed E-state index contributed by atoms with van der Waals surface area (Å²) in [5.74, 6) is 0.148. The van der Waals surface area contributed by atoms with Crippen molar-refractivity contribution in [2.24, 2.45) is 11.7 Å². The maximum absolute atomic E-state index is 11.9. The van der Waals surface area contributed by atoms with Crippen LogP contribution in [0.4, 0.5) is 0 Å². The number of aryl methyl sites for hydroxylation is 1. The molecule has 0 spiro atoms. The molecule has 18 heavy (non-hydrogen) atoms. The van der Waals surface area contributed by atoms with Gasteiger partial charge in [-0.1, -0.05) is 55.9 Å². The first kappa shape index (κ1) is 14.6. The molecule has 98 valence electrons. The number of nitrogens with two attached hydrogens (primary N) is 1. The normalized spacial score (nSPS) is 12.2. The van der Waals surface area contributed by atoms with E-state index in [-0.39, 0.29) is 17.9 Å². The molecule has 0 aliphatic rings. The molecule has 1 aromatic carbocycles. The monoisotopic (exact) mass is 264 g/mol. The highest BCUT2D eigenvalue weighted by molar-refractivity contribution is 7.80. The average molecular weight is 264 g/mol. The van der Waals surface area contributed by atoms with Crippen molar-refractivity contribution in [2.75, 3.05) is 0 Å². The van der Waals surface area contributed by atoms with Gasteiger partial charge in [-0.2, -0.15) is 0 Å². The molecule has 1 atom stereocenters. The summed E-state index contributed by atoms with van der Waals surface area (Å²) in [5, 5.41) is 2.87. The Morgan fingerprint density at radius 2 is 1.89 bits per heavy atom. The molecular weight excluding hydrogens is 244 g/mol. The van der Waals surface area contributed by atoms with Crippen LogP contribution in [0.3, 0.4) is 0 Å². The SMILES string of the molecule is Cc1ccc(CC(=O)NC(C(N)=S)C(C)C)cc1. The molecule has 1 unspecified atom stereocenters. The van der Waals surface area contributed by atoms with E-state index in [1.807, 2.05) is 45.0 Å². The molecule has 3 nitrogen and oxygen atoms in total. The van der Waals surface area contributed by atoms with Crippen LogP contribution in [0, 0.1) is 12.8 Å². The van der Waals surface area contributed by atoms with E-state index in [4.69, 9.17) is 18.0 Å². The maximum Gasteiger partial charge on any atom is 0.224 e. The van der Waals surface area contributed by atoms with Crippen molar-refractivity contribution in [3.05, 3.63) is 35.4 Å². The second-order valence-electron chi connectivity index (χ2n) is 4.85. The van der Waals surface area contributed by atoms with Gasteiger partial charge >= 0.3 is 0 Å². The van der Waals surface area contributed by atoms with Crippen LogP contribution in [0.5, 0.6) is 0 Å². The van der Waals surface area contributed by atoms with Crippen LogP contribution >= 0.6 is 12.2 Å². The zero-order valence-corrected chi connectivity index (χ0v) is 11.9. The van der Waals surface area contributed by atoms with E-state index in [1.165, 1.54) is 5.56 Å². The van der Waals surface area contributed by atoms with Crippen LogP contribution in [0.1, 0.15) is 25.0 Å². The Kier molecular flexibility index (Phi) is 5.28. The summed E-state index contributed by atoms with van der Waals surface area (Å²) in [6, 6.07) is 7.67. The van der Waals surface area contributed by atoms with Crippen molar-refractivity contribution in [1.82, 2.24) is 5.32 Å². The Labute approximate surface area is 114 Å². The van der Waals surface area contributed by atoms with Gasteiger partial charge in [-0.15, -0.1) is 0 Å². The fourth-order valence-electron chi connectivity index (χ4n) is 1.68. The summed E-state index contributed by atoms with van der Waals surface area (Å²) in [4.78, 5) is 12.2. The highest BCUT2D eigenvalue weighted by atomic mass is 32.1. The predicted molar refractivity (Wildman–Crippen MR) is 78.4 cm³/mol. The summed E-state index contributed by atoms with van der Waals surface area (Å²) >= 11 is 4.96. The van der Waals surface area contributed by atoms with Crippen molar-refractivity contribution in [2.45, 2.75) is 33.2 Å². The van der Waals surface area contributed by atoms with E-state index in [9.17, 15) is 4.79 Å². The first-order valence-electron chi connectivity index (χ1n) is 6.04. The molecule has 4 heteroatoms. The number of hydrogen-bond donors (Lipinski definition) is 2. The van der Waals surface area contributed by atoms with Crippen LogP contribution in [0.25, 0.3) is 0 Å². The molecule has 0 radical (unpaired) electrons. The smallest absolute Gasteiger partial charge is 0.224 e. The largest absolute Gasteiger partial charge is 0.392 e. The Morgan fingerprint density at radius 3 is 2.33 bits per heavy atom. The predicted octanol–water partition coefficient (Wildman–Crippen LogP) is 1.96. The first-order valence-corrected chi connectivity index (χ1v) is 6.45. The number of thiocarbonyl (C=S) groups is 1. The molecule has 0 aliphatic carbocycles. The number of rotatable bonds is 5. The quantitative estimate of drug-likeness (QED) is 0.799. The number of nitrogens with one attached hydrogen (secondary N) is 1. The molecule has 0 fully saturated rings. The summed E-state index contributed by atoms with van der Waals surface area (Å²) < 4.78 is 0. The Hall–Kier alpha value is -1.42. The molecule has 0 heterocycles. The van der Waals surface area contributed by atoms with Gasteiger partial charge in [0, 0.05) is 0 Å². The van der Waals surface area contributed by atoms with Crippen LogP contribution in [0.15, 0.2) is 24.3 Å². The molecule has 3 N–H and O–H groups in total. The van der Waals surface area contributed by atoms with Crippen molar-refractivity contribution in [1.29, 1.82) is 0 Å². The Bertz CT molecular complexity index is 426.